The van der Waals surface area contributed by atoms with Gasteiger partial charge in [0.2, 0.25) is 5.91 Å². The maximum atomic E-state index is 13.9. The third kappa shape index (κ3) is 10.5. The Morgan fingerprint density at radius 1 is 0.912 bits per heavy atom. The Hall–Kier alpha value is -6.33. The van der Waals surface area contributed by atoms with E-state index in [0.29, 0.717) is 52.7 Å². The number of hydrogen-bond acceptors (Lipinski definition) is 10. The summed E-state index contributed by atoms with van der Waals surface area (Å²) in [6.45, 7) is 6.61. The van der Waals surface area contributed by atoms with Gasteiger partial charge in [0.15, 0.2) is 0 Å². The van der Waals surface area contributed by atoms with Crippen LogP contribution in [0.2, 0.25) is 5.02 Å². The summed E-state index contributed by atoms with van der Waals surface area (Å²) in [5, 5.41) is 22.8. The summed E-state index contributed by atoms with van der Waals surface area (Å²) in [6.07, 6.45) is 3.07. The number of nitrogens with zero attached hydrogens (tertiary/aromatic N) is 6. The normalized spacial score (nSPS) is 13.9. The topological polar surface area (TPSA) is 209 Å². The third-order valence-electron chi connectivity index (χ3n) is 9.26. The molecule has 5 amide bonds. The molecule has 1 fully saturated rings. The van der Waals surface area contributed by atoms with E-state index in [0.717, 1.165) is 12.8 Å². The monoisotopic (exact) mass is 797 g/mol. The Kier molecular flexibility index (Phi) is 12.2. The molecular formula is C39H44ClN11O6. The van der Waals surface area contributed by atoms with E-state index in [4.69, 9.17) is 16.3 Å². The second kappa shape index (κ2) is 17.2. The summed E-state index contributed by atoms with van der Waals surface area (Å²) in [4.78, 5) is 73.2. The molecule has 0 radical (unpaired) electrons. The van der Waals surface area contributed by atoms with Gasteiger partial charge in [-0.15, -0.1) is 5.10 Å². The zero-order valence-corrected chi connectivity index (χ0v) is 32.9. The fourth-order valence-electron chi connectivity index (χ4n) is 6.32. The molecule has 1 aliphatic rings. The quantitative estimate of drug-likeness (QED) is 0.0979. The molecule has 0 aliphatic carbocycles. The van der Waals surface area contributed by atoms with Crippen LogP contribution in [0.1, 0.15) is 49.7 Å². The van der Waals surface area contributed by atoms with Crippen molar-refractivity contribution < 1.29 is 28.7 Å². The van der Waals surface area contributed by atoms with Crippen LogP contribution in [0.25, 0.3) is 16.6 Å². The number of H-pyrrole nitrogens is 1. The molecule has 5 aromatic rings. The molecule has 298 valence electrons. The average Bonchev–Trinajstić information content (AvgIpc) is 3.86. The van der Waals surface area contributed by atoms with Gasteiger partial charge in [0, 0.05) is 52.9 Å². The zero-order chi connectivity index (χ0) is 40.9. The lowest BCUT2D eigenvalue weighted by atomic mass is 10.0. The van der Waals surface area contributed by atoms with Gasteiger partial charge < -0.3 is 40.8 Å². The van der Waals surface area contributed by atoms with Gasteiger partial charge in [-0.2, -0.15) is 4.68 Å². The molecule has 6 rings (SSSR count). The van der Waals surface area contributed by atoms with E-state index < -0.39 is 35.3 Å². The predicted octanol–water partition coefficient (Wildman–Crippen LogP) is 4.61. The molecule has 57 heavy (non-hydrogen) atoms. The SMILES string of the molecule is CN(C)C1CCN(C(=O)Nc2ccc(C[C@H](NC(=O)C(=O)Nc3cc(Cl)ccc3-n3cnnn3)C(=O)Nc3ccc4[nH]c(C(=O)OC(C)(C)C)cc4c3)cc2)CC1. The van der Waals surface area contributed by atoms with Crippen molar-refractivity contribution in [1.82, 2.24) is 40.3 Å². The molecule has 0 saturated carbocycles. The predicted molar refractivity (Wildman–Crippen MR) is 214 cm³/mol. The van der Waals surface area contributed by atoms with Gasteiger partial charge in [-0.1, -0.05) is 23.7 Å². The summed E-state index contributed by atoms with van der Waals surface area (Å²) in [7, 11) is 4.08. The largest absolute Gasteiger partial charge is 0.455 e. The fourth-order valence-corrected chi connectivity index (χ4v) is 6.49. The Balaban J connectivity index is 1.18. The van der Waals surface area contributed by atoms with Crippen LogP contribution in [0.5, 0.6) is 0 Å². The third-order valence-corrected chi connectivity index (χ3v) is 9.50. The number of esters is 1. The number of carbonyl (C=O) groups is 5. The number of nitrogens with one attached hydrogen (secondary N) is 5. The highest BCUT2D eigenvalue weighted by Crippen LogP contribution is 2.25. The molecule has 0 unspecified atom stereocenters. The number of halogens is 1. The molecular weight excluding hydrogens is 754 g/mol. The minimum Gasteiger partial charge on any atom is -0.455 e. The highest BCUT2D eigenvalue weighted by Gasteiger charge is 2.27. The number of likely N-dealkylation sites (tertiary alicyclic amines) is 1. The number of fused-ring (bicyclic) bond motifs is 1. The van der Waals surface area contributed by atoms with Gasteiger partial charge >= 0.3 is 23.8 Å². The number of amides is 5. The van der Waals surface area contributed by atoms with Crippen molar-refractivity contribution in [2.45, 2.75) is 57.7 Å². The molecule has 1 saturated heterocycles. The van der Waals surface area contributed by atoms with E-state index in [9.17, 15) is 24.0 Å². The average molecular weight is 798 g/mol. The van der Waals surface area contributed by atoms with Gasteiger partial charge in [0.1, 0.15) is 23.7 Å². The first kappa shape index (κ1) is 40.3. The van der Waals surface area contributed by atoms with E-state index >= 15 is 0 Å². The van der Waals surface area contributed by atoms with E-state index in [2.05, 4.69) is 46.7 Å². The van der Waals surface area contributed by atoms with Gasteiger partial charge in [-0.3, -0.25) is 14.4 Å². The fraction of sp³-hybridized carbons (Fsp3) is 0.333. The number of rotatable bonds is 10. The number of hydrogen-bond donors (Lipinski definition) is 5. The molecule has 0 bridgehead atoms. The smallest absolute Gasteiger partial charge is 0.355 e. The van der Waals surface area contributed by atoms with E-state index in [-0.39, 0.29) is 28.9 Å². The molecule has 0 spiro atoms. The number of tetrazole rings is 1. The molecule has 1 atom stereocenters. The molecule has 2 aromatic heterocycles. The maximum absolute atomic E-state index is 13.9. The Morgan fingerprint density at radius 3 is 2.30 bits per heavy atom. The van der Waals surface area contributed by atoms with Crippen LogP contribution in [-0.2, 0) is 25.5 Å². The first-order valence-electron chi connectivity index (χ1n) is 18.2. The van der Waals surface area contributed by atoms with E-state index in [1.54, 1.807) is 86.3 Å². The second-order valence-electron chi connectivity index (χ2n) is 14.9. The number of aromatic amines is 1. The highest BCUT2D eigenvalue weighted by atomic mass is 35.5. The molecule has 18 heteroatoms. The van der Waals surface area contributed by atoms with Crippen LogP contribution in [0.4, 0.5) is 21.9 Å². The standard InChI is InChI=1S/C39H44ClN11O6/c1-39(2,3)57-37(55)32-20-24-19-27(11-12-29(24)44-32)42-34(52)31(46-36(54)35(53)45-30-21-25(40)8-13-33(30)51-22-41-47-48-51)18-23-6-9-26(10-7-23)43-38(56)50-16-14-28(15-17-50)49(4)5/h6-13,19-22,28,31,44H,14-18H2,1-5H3,(H,42,52)(H,43,56)(H,45,53)(H,46,54)/t31-/m0/s1. The number of ether oxygens (including phenoxy) is 1. The number of aromatic nitrogens is 5. The van der Waals surface area contributed by atoms with Crippen molar-refractivity contribution in [3.8, 4) is 5.69 Å². The molecule has 17 nitrogen and oxygen atoms in total. The lowest BCUT2D eigenvalue weighted by Crippen LogP contribution is -2.49. The number of piperidine rings is 1. The van der Waals surface area contributed by atoms with Crippen LogP contribution < -0.4 is 21.3 Å². The van der Waals surface area contributed by atoms with Crippen molar-refractivity contribution in [1.29, 1.82) is 0 Å². The summed E-state index contributed by atoms with van der Waals surface area (Å²) in [5.74, 6) is -3.30. The van der Waals surface area contributed by atoms with Crippen molar-refractivity contribution in [2.75, 3.05) is 43.1 Å². The van der Waals surface area contributed by atoms with Crippen molar-refractivity contribution in [3.05, 3.63) is 89.3 Å². The first-order valence-corrected chi connectivity index (χ1v) is 18.6. The number of anilines is 3. The van der Waals surface area contributed by atoms with Crippen molar-refractivity contribution in [2.24, 2.45) is 0 Å². The number of urea groups is 1. The molecule has 1 aliphatic heterocycles. The Morgan fingerprint density at radius 2 is 1.63 bits per heavy atom. The summed E-state index contributed by atoms with van der Waals surface area (Å²) >= 11 is 6.19. The minimum absolute atomic E-state index is 0.0145. The minimum atomic E-state index is -1.24. The van der Waals surface area contributed by atoms with Gasteiger partial charge in [-0.25, -0.2) is 9.59 Å². The van der Waals surface area contributed by atoms with Crippen LogP contribution >= 0.6 is 11.6 Å². The molecule has 3 aromatic carbocycles. The Labute approximate surface area is 333 Å². The van der Waals surface area contributed by atoms with Gasteiger partial charge in [0.25, 0.3) is 0 Å². The maximum Gasteiger partial charge on any atom is 0.355 e. The second-order valence-corrected chi connectivity index (χ2v) is 15.3. The first-order chi connectivity index (χ1) is 27.1. The van der Waals surface area contributed by atoms with Crippen LogP contribution in [0.3, 0.4) is 0 Å². The molecule has 3 heterocycles. The lowest BCUT2D eigenvalue weighted by molar-refractivity contribution is -0.137. The van der Waals surface area contributed by atoms with Crippen molar-refractivity contribution in [3.63, 3.8) is 0 Å². The van der Waals surface area contributed by atoms with E-state index in [1.165, 1.54) is 17.1 Å². The number of benzene rings is 3. The lowest BCUT2D eigenvalue weighted by Gasteiger charge is -2.35. The summed E-state index contributed by atoms with van der Waals surface area (Å²) in [5.41, 5.74) is 2.28. The number of carbonyl (C=O) groups excluding carboxylic acids is 5. The van der Waals surface area contributed by atoms with Crippen LogP contribution in [0.15, 0.2) is 73.1 Å². The Bertz CT molecular complexity index is 2260. The van der Waals surface area contributed by atoms with Crippen molar-refractivity contribution >= 4 is 69.3 Å². The van der Waals surface area contributed by atoms with Gasteiger partial charge in [0.05, 0.1) is 11.4 Å². The zero-order valence-electron chi connectivity index (χ0n) is 32.1. The summed E-state index contributed by atoms with van der Waals surface area (Å²) in [6, 6.07) is 17.1. The highest BCUT2D eigenvalue weighted by molar-refractivity contribution is 6.40. The van der Waals surface area contributed by atoms with Gasteiger partial charge in [-0.05, 0) is 118 Å². The molecule has 5 N–H and O–H groups in total. The van der Waals surface area contributed by atoms with Crippen LogP contribution in [0, 0.1) is 0 Å². The van der Waals surface area contributed by atoms with E-state index in [1.807, 2.05) is 14.1 Å². The van der Waals surface area contributed by atoms with Crippen LogP contribution in [-0.4, -0.2) is 110 Å². The summed E-state index contributed by atoms with van der Waals surface area (Å²) < 4.78 is 6.76.